The Morgan fingerprint density at radius 2 is 2.37 bits per heavy atom. The first-order valence-electron chi connectivity index (χ1n) is 5.96. The van der Waals surface area contributed by atoms with Gasteiger partial charge in [-0.3, -0.25) is 10.1 Å². The van der Waals surface area contributed by atoms with E-state index in [9.17, 15) is 10.1 Å². The topological polar surface area (TPSA) is 85.9 Å². The molecule has 2 aromatic rings. The monoisotopic (exact) mass is 281 g/mol. The average molecular weight is 281 g/mol. The number of hydrogen-bond donors (Lipinski definition) is 1. The highest BCUT2D eigenvalue weighted by Gasteiger charge is 2.24. The van der Waals surface area contributed by atoms with Crippen LogP contribution >= 0.6 is 11.3 Å². The van der Waals surface area contributed by atoms with Crippen molar-refractivity contribution in [1.29, 1.82) is 0 Å². The summed E-state index contributed by atoms with van der Waals surface area (Å²) < 4.78 is 1.65. The molecule has 0 unspecified atom stereocenters. The molecule has 0 amide bonds. The van der Waals surface area contributed by atoms with Crippen LogP contribution in [0.25, 0.3) is 0 Å². The Morgan fingerprint density at radius 1 is 1.58 bits per heavy atom. The summed E-state index contributed by atoms with van der Waals surface area (Å²) in [5.74, 6) is 0.456. The van der Waals surface area contributed by atoms with E-state index in [1.54, 1.807) is 17.1 Å². The van der Waals surface area contributed by atoms with Crippen LogP contribution in [0.1, 0.15) is 24.7 Å². The van der Waals surface area contributed by atoms with Crippen LogP contribution in [0.2, 0.25) is 0 Å². The Labute approximate surface area is 114 Å². The zero-order valence-corrected chi connectivity index (χ0v) is 11.6. The van der Waals surface area contributed by atoms with Crippen molar-refractivity contribution in [2.75, 3.05) is 5.32 Å². The summed E-state index contributed by atoms with van der Waals surface area (Å²) in [7, 11) is 0. The number of nitrogens with zero attached hydrogens (tertiary/aromatic N) is 4. The SMILES string of the molecule is CCCn1nc(C)c([N+](=O)[O-])c1NCc1cscn1. The van der Waals surface area contributed by atoms with Gasteiger partial charge in [0.05, 0.1) is 22.7 Å². The lowest BCUT2D eigenvalue weighted by atomic mass is 10.3. The van der Waals surface area contributed by atoms with E-state index in [0.717, 1.165) is 12.1 Å². The Bertz CT molecular complexity index is 564. The van der Waals surface area contributed by atoms with Gasteiger partial charge in [-0.05, 0) is 13.3 Å². The standard InChI is InChI=1S/C11H15N5O2S/c1-3-4-15-11(10(16(17)18)8(2)14-15)12-5-9-6-19-7-13-9/h6-7,12H,3-5H2,1-2H3. The van der Waals surface area contributed by atoms with Crippen LogP contribution in [0.5, 0.6) is 0 Å². The summed E-state index contributed by atoms with van der Waals surface area (Å²) in [6.07, 6.45) is 0.865. The number of nitrogens with one attached hydrogen (secondary N) is 1. The number of nitro groups is 1. The van der Waals surface area contributed by atoms with Gasteiger partial charge in [-0.1, -0.05) is 6.92 Å². The molecule has 0 aliphatic heterocycles. The maximum Gasteiger partial charge on any atom is 0.333 e. The van der Waals surface area contributed by atoms with E-state index in [0.29, 0.717) is 24.6 Å². The highest BCUT2D eigenvalue weighted by atomic mass is 32.1. The highest BCUT2D eigenvalue weighted by Crippen LogP contribution is 2.28. The van der Waals surface area contributed by atoms with Gasteiger partial charge in [-0.25, -0.2) is 9.67 Å². The van der Waals surface area contributed by atoms with Crippen LogP contribution < -0.4 is 5.32 Å². The second-order valence-electron chi connectivity index (χ2n) is 4.10. The predicted molar refractivity (Wildman–Crippen MR) is 73.4 cm³/mol. The minimum Gasteiger partial charge on any atom is -0.359 e. The van der Waals surface area contributed by atoms with Gasteiger partial charge in [0.2, 0.25) is 5.82 Å². The number of aryl methyl sites for hydroxylation is 2. The van der Waals surface area contributed by atoms with Gasteiger partial charge in [0.1, 0.15) is 5.69 Å². The fourth-order valence-corrected chi connectivity index (χ4v) is 2.40. The highest BCUT2D eigenvalue weighted by molar-refractivity contribution is 7.07. The Hall–Kier alpha value is -1.96. The van der Waals surface area contributed by atoms with Gasteiger partial charge in [-0.15, -0.1) is 11.3 Å². The lowest BCUT2D eigenvalue weighted by Crippen LogP contribution is -2.09. The lowest BCUT2D eigenvalue weighted by Gasteiger charge is -2.07. The Kier molecular flexibility index (Phi) is 4.10. The molecule has 0 saturated carbocycles. The molecule has 0 saturated heterocycles. The normalized spacial score (nSPS) is 10.6. The minimum atomic E-state index is -0.391. The van der Waals surface area contributed by atoms with Crippen molar-refractivity contribution < 1.29 is 4.92 Å². The van der Waals surface area contributed by atoms with E-state index in [4.69, 9.17) is 0 Å². The average Bonchev–Trinajstić information content (AvgIpc) is 2.95. The van der Waals surface area contributed by atoms with Gasteiger partial charge in [0.15, 0.2) is 0 Å². The largest absolute Gasteiger partial charge is 0.359 e. The second kappa shape index (κ2) is 5.79. The maximum atomic E-state index is 11.1. The molecule has 0 aromatic carbocycles. The molecule has 0 aliphatic rings. The zero-order valence-electron chi connectivity index (χ0n) is 10.8. The number of rotatable bonds is 6. The van der Waals surface area contributed by atoms with E-state index in [1.165, 1.54) is 11.3 Å². The summed E-state index contributed by atoms with van der Waals surface area (Å²) in [5, 5.41) is 20.3. The Balaban J connectivity index is 2.27. The summed E-state index contributed by atoms with van der Waals surface area (Å²) in [6, 6.07) is 0. The maximum absolute atomic E-state index is 11.1. The van der Waals surface area contributed by atoms with Crippen molar-refractivity contribution in [3.63, 3.8) is 0 Å². The molecule has 2 aromatic heterocycles. The number of hydrogen-bond acceptors (Lipinski definition) is 6. The molecule has 0 aliphatic carbocycles. The molecule has 0 fully saturated rings. The van der Waals surface area contributed by atoms with Crippen molar-refractivity contribution in [3.05, 3.63) is 32.4 Å². The third-order valence-electron chi connectivity index (χ3n) is 2.63. The lowest BCUT2D eigenvalue weighted by molar-refractivity contribution is -0.384. The molecule has 2 heterocycles. The zero-order chi connectivity index (χ0) is 13.8. The molecule has 0 atom stereocenters. The van der Waals surface area contributed by atoms with Gasteiger partial charge in [-0.2, -0.15) is 5.10 Å². The van der Waals surface area contributed by atoms with E-state index in [2.05, 4.69) is 15.4 Å². The molecule has 2 rings (SSSR count). The van der Waals surface area contributed by atoms with Crippen molar-refractivity contribution in [2.45, 2.75) is 33.4 Å². The van der Waals surface area contributed by atoms with Gasteiger partial charge in [0, 0.05) is 11.9 Å². The summed E-state index contributed by atoms with van der Waals surface area (Å²) in [5.41, 5.74) is 3.07. The van der Waals surface area contributed by atoms with Crippen molar-refractivity contribution in [2.24, 2.45) is 0 Å². The van der Waals surface area contributed by atoms with E-state index in [-0.39, 0.29) is 5.69 Å². The molecule has 0 spiro atoms. The molecular weight excluding hydrogens is 266 g/mol. The third kappa shape index (κ3) is 2.90. The van der Waals surface area contributed by atoms with Crippen LogP contribution in [0.3, 0.4) is 0 Å². The van der Waals surface area contributed by atoms with Gasteiger partial charge in [0.25, 0.3) is 0 Å². The van der Waals surface area contributed by atoms with Crippen molar-refractivity contribution >= 4 is 22.8 Å². The molecule has 7 nitrogen and oxygen atoms in total. The molecule has 102 valence electrons. The quantitative estimate of drug-likeness (QED) is 0.649. The van der Waals surface area contributed by atoms with E-state index in [1.807, 2.05) is 12.3 Å². The first-order chi connectivity index (χ1) is 9.13. The van der Waals surface area contributed by atoms with Crippen LogP contribution in [0.4, 0.5) is 11.5 Å². The molecular formula is C11H15N5O2S. The van der Waals surface area contributed by atoms with Crippen LogP contribution in [-0.4, -0.2) is 19.7 Å². The van der Waals surface area contributed by atoms with Crippen molar-refractivity contribution in [1.82, 2.24) is 14.8 Å². The fourth-order valence-electron chi connectivity index (χ4n) is 1.84. The van der Waals surface area contributed by atoms with Crippen LogP contribution in [0, 0.1) is 17.0 Å². The minimum absolute atomic E-state index is 0.0451. The van der Waals surface area contributed by atoms with Crippen LogP contribution in [-0.2, 0) is 13.1 Å². The molecule has 1 N–H and O–H groups in total. The molecule has 0 bridgehead atoms. The smallest absolute Gasteiger partial charge is 0.333 e. The third-order valence-corrected chi connectivity index (χ3v) is 3.27. The molecule has 19 heavy (non-hydrogen) atoms. The first-order valence-corrected chi connectivity index (χ1v) is 6.90. The number of anilines is 1. The van der Waals surface area contributed by atoms with Gasteiger partial charge >= 0.3 is 5.69 Å². The fraction of sp³-hybridized carbons (Fsp3) is 0.455. The van der Waals surface area contributed by atoms with Crippen molar-refractivity contribution in [3.8, 4) is 0 Å². The van der Waals surface area contributed by atoms with Crippen LogP contribution in [0.15, 0.2) is 10.9 Å². The van der Waals surface area contributed by atoms with E-state index >= 15 is 0 Å². The second-order valence-corrected chi connectivity index (χ2v) is 4.81. The summed E-state index contributed by atoms with van der Waals surface area (Å²) in [6.45, 7) is 4.76. The van der Waals surface area contributed by atoms with E-state index < -0.39 is 4.92 Å². The van der Waals surface area contributed by atoms with Gasteiger partial charge < -0.3 is 5.32 Å². The summed E-state index contributed by atoms with van der Waals surface area (Å²) >= 11 is 1.50. The predicted octanol–water partition coefficient (Wildman–Crippen LogP) is 2.58. The first kappa shape index (κ1) is 13.5. The Morgan fingerprint density at radius 3 is 2.95 bits per heavy atom. The molecule has 8 heteroatoms. The summed E-state index contributed by atoms with van der Waals surface area (Å²) in [4.78, 5) is 14.9. The number of thiazole rings is 1. The molecule has 0 radical (unpaired) electrons. The number of aromatic nitrogens is 3.